The lowest BCUT2D eigenvalue weighted by atomic mass is 9.82. The van der Waals surface area contributed by atoms with Crippen LogP contribution in [0.2, 0.25) is 0 Å². The molecule has 21 heavy (non-hydrogen) atoms. The van der Waals surface area contributed by atoms with E-state index in [9.17, 15) is 13.2 Å². The minimum Gasteiger partial charge on any atom is -0.493 e. The summed E-state index contributed by atoms with van der Waals surface area (Å²) < 4.78 is 43.3. The van der Waals surface area contributed by atoms with E-state index in [-0.39, 0.29) is 18.8 Å². The third-order valence-electron chi connectivity index (χ3n) is 3.78. The number of rotatable bonds is 3. The SMILES string of the molecule is CC.Cc1cccc(OCC2CCC(C(F)(F)F)CC2)c1. The van der Waals surface area contributed by atoms with Crippen molar-refractivity contribution >= 4 is 0 Å². The van der Waals surface area contributed by atoms with Crippen molar-refractivity contribution in [2.75, 3.05) is 6.61 Å². The monoisotopic (exact) mass is 302 g/mol. The molecule has 4 heteroatoms. The van der Waals surface area contributed by atoms with Crippen molar-refractivity contribution in [1.82, 2.24) is 0 Å². The minimum atomic E-state index is -4.03. The highest BCUT2D eigenvalue weighted by Gasteiger charge is 2.41. The summed E-state index contributed by atoms with van der Waals surface area (Å²) in [7, 11) is 0. The molecule has 0 N–H and O–H groups in total. The zero-order valence-electron chi connectivity index (χ0n) is 13.0. The first-order chi connectivity index (χ1) is 9.95. The van der Waals surface area contributed by atoms with Gasteiger partial charge in [0.05, 0.1) is 12.5 Å². The molecule has 120 valence electrons. The van der Waals surface area contributed by atoms with Crippen molar-refractivity contribution in [1.29, 1.82) is 0 Å². The normalized spacial score (nSPS) is 22.2. The molecule has 1 nitrogen and oxygen atoms in total. The van der Waals surface area contributed by atoms with Gasteiger partial charge >= 0.3 is 6.18 Å². The summed E-state index contributed by atoms with van der Waals surface area (Å²) in [6, 6.07) is 7.74. The third-order valence-corrected chi connectivity index (χ3v) is 3.78. The van der Waals surface area contributed by atoms with Crippen LogP contribution in [0.25, 0.3) is 0 Å². The zero-order valence-corrected chi connectivity index (χ0v) is 13.0. The summed E-state index contributed by atoms with van der Waals surface area (Å²) in [6.45, 7) is 6.51. The maximum atomic E-state index is 12.5. The van der Waals surface area contributed by atoms with Gasteiger partial charge in [-0.2, -0.15) is 13.2 Å². The Morgan fingerprint density at radius 3 is 2.24 bits per heavy atom. The van der Waals surface area contributed by atoms with Gasteiger partial charge in [0.1, 0.15) is 5.75 Å². The fourth-order valence-corrected chi connectivity index (χ4v) is 2.58. The Morgan fingerprint density at radius 2 is 1.71 bits per heavy atom. The lowest BCUT2D eigenvalue weighted by molar-refractivity contribution is -0.184. The van der Waals surface area contributed by atoms with Crippen LogP contribution in [0.5, 0.6) is 5.75 Å². The Bertz CT molecular complexity index is 407. The number of halogens is 3. The Morgan fingerprint density at radius 1 is 1.10 bits per heavy atom. The maximum absolute atomic E-state index is 12.5. The largest absolute Gasteiger partial charge is 0.493 e. The Kier molecular flexibility index (Phi) is 7.06. The molecule has 2 rings (SSSR count). The Balaban J connectivity index is 0.00000106. The van der Waals surface area contributed by atoms with Crippen molar-refractivity contribution in [3.8, 4) is 5.75 Å². The molecule has 1 saturated carbocycles. The van der Waals surface area contributed by atoms with Crippen LogP contribution in [0.15, 0.2) is 24.3 Å². The Labute approximate surface area is 125 Å². The van der Waals surface area contributed by atoms with Gasteiger partial charge < -0.3 is 4.74 Å². The van der Waals surface area contributed by atoms with Crippen LogP contribution >= 0.6 is 0 Å². The second-order valence-electron chi connectivity index (χ2n) is 5.39. The van der Waals surface area contributed by atoms with Crippen molar-refractivity contribution in [3.05, 3.63) is 29.8 Å². The summed E-state index contributed by atoms with van der Waals surface area (Å²) in [6.07, 6.45) is -2.33. The van der Waals surface area contributed by atoms with E-state index in [0.717, 1.165) is 11.3 Å². The van der Waals surface area contributed by atoms with Gasteiger partial charge in [-0.25, -0.2) is 0 Å². The summed E-state index contributed by atoms with van der Waals surface area (Å²) in [4.78, 5) is 0. The standard InChI is InChI=1S/C15H19F3O.C2H6/c1-11-3-2-4-14(9-11)19-10-12-5-7-13(8-6-12)15(16,17)18;1-2/h2-4,9,12-13H,5-8,10H2,1H3;1-2H3. The van der Waals surface area contributed by atoms with Gasteiger partial charge in [-0.3, -0.25) is 0 Å². The van der Waals surface area contributed by atoms with Crippen LogP contribution in [-0.2, 0) is 0 Å². The van der Waals surface area contributed by atoms with Gasteiger partial charge in [0, 0.05) is 0 Å². The summed E-state index contributed by atoms with van der Waals surface area (Å²) in [5.41, 5.74) is 1.12. The minimum absolute atomic E-state index is 0.241. The molecule has 0 aliphatic heterocycles. The van der Waals surface area contributed by atoms with E-state index in [1.54, 1.807) is 0 Å². The molecule has 0 bridgehead atoms. The average molecular weight is 302 g/mol. The molecule has 0 aromatic heterocycles. The van der Waals surface area contributed by atoms with E-state index in [0.29, 0.717) is 19.4 Å². The number of benzene rings is 1. The number of hydrogen-bond acceptors (Lipinski definition) is 1. The summed E-state index contributed by atoms with van der Waals surface area (Å²) in [5, 5.41) is 0. The predicted molar refractivity (Wildman–Crippen MR) is 79.5 cm³/mol. The average Bonchev–Trinajstić information content (AvgIpc) is 2.47. The molecule has 0 atom stereocenters. The molecule has 1 aromatic carbocycles. The fourth-order valence-electron chi connectivity index (χ4n) is 2.58. The molecule has 0 spiro atoms. The molecule has 1 fully saturated rings. The first-order valence-electron chi connectivity index (χ1n) is 7.71. The first-order valence-corrected chi connectivity index (χ1v) is 7.71. The first kappa shape index (κ1) is 17.9. The van der Waals surface area contributed by atoms with E-state index in [2.05, 4.69) is 0 Å². The van der Waals surface area contributed by atoms with Gasteiger partial charge in [-0.1, -0.05) is 26.0 Å². The van der Waals surface area contributed by atoms with Gasteiger partial charge in [-0.15, -0.1) is 0 Å². The molecule has 1 aliphatic rings. The van der Waals surface area contributed by atoms with Crippen LogP contribution in [0, 0.1) is 18.8 Å². The lowest BCUT2D eigenvalue weighted by Crippen LogP contribution is -2.29. The van der Waals surface area contributed by atoms with Crippen molar-refractivity contribution in [3.63, 3.8) is 0 Å². The van der Waals surface area contributed by atoms with E-state index in [1.165, 1.54) is 0 Å². The molecule has 0 saturated heterocycles. The topological polar surface area (TPSA) is 9.23 Å². The predicted octanol–water partition coefficient (Wildman–Crippen LogP) is 5.77. The number of ether oxygens (including phenoxy) is 1. The Hall–Kier alpha value is -1.19. The van der Waals surface area contributed by atoms with Crippen LogP contribution in [0.4, 0.5) is 13.2 Å². The van der Waals surface area contributed by atoms with Crippen molar-refractivity contribution < 1.29 is 17.9 Å². The van der Waals surface area contributed by atoms with Crippen LogP contribution in [0.1, 0.15) is 45.1 Å². The third kappa shape index (κ3) is 5.98. The molecular formula is C17H25F3O. The number of alkyl halides is 3. The molecule has 1 aromatic rings. The second-order valence-corrected chi connectivity index (χ2v) is 5.39. The molecule has 0 amide bonds. The highest BCUT2D eigenvalue weighted by atomic mass is 19.4. The molecule has 0 radical (unpaired) electrons. The molecule has 1 aliphatic carbocycles. The lowest BCUT2D eigenvalue weighted by Gasteiger charge is -2.29. The summed E-state index contributed by atoms with van der Waals surface area (Å²) >= 11 is 0. The van der Waals surface area contributed by atoms with E-state index in [4.69, 9.17) is 4.74 Å². The van der Waals surface area contributed by atoms with E-state index >= 15 is 0 Å². The quantitative estimate of drug-likeness (QED) is 0.689. The fraction of sp³-hybridized carbons (Fsp3) is 0.647. The highest BCUT2D eigenvalue weighted by molar-refractivity contribution is 5.27. The van der Waals surface area contributed by atoms with Gasteiger partial charge in [0.2, 0.25) is 0 Å². The smallest absolute Gasteiger partial charge is 0.391 e. The molecule has 0 heterocycles. The van der Waals surface area contributed by atoms with Gasteiger partial charge in [0.25, 0.3) is 0 Å². The van der Waals surface area contributed by atoms with Crippen LogP contribution in [0.3, 0.4) is 0 Å². The zero-order chi connectivity index (χ0) is 15.9. The van der Waals surface area contributed by atoms with E-state index in [1.807, 2.05) is 45.0 Å². The molecule has 0 unspecified atom stereocenters. The van der Waals surface area contributed by atoms with E-state index < -0.39 is 12.1 Å². The maximum Gasteiger partial charge on any atom is 0.391 e. The second kappa shape index (κ2) is 8.30. The highest BCUT2D eigenvalue weighted by Crippen LogP contribution is 2.39. The van der Waals surface area contributed by atoms with Gasteiger partial charge in [-0.05, 0) is 56.2 Å². The van der Waals surface area contributed by atoms with Gasteiger partial charge in [0.15, 0.2) is 0 Å². The summed E-state index contributed by atoms with van der Waals surface area (Å²) in [5.74, 6) is -0.0558. The van der Waals surface area contributed by atoms with Crippen LogP contribution in [-0.4, -0.2) is 12.8 Å². The van der Waals surface area contributed by atoms with Crippen LogP contribution < -0.4 is 4.74 Å². The van der Waals surface area contributed by atoms with Crippen molar-refractivity contribution in [2.45, 2.75) is 52.6 Å². The molecular weight excluding hydrogens is 277 g/mol. The van der Waals surface area contributed by atoms with Crippen molar-refractivity contribution in [2.24, 2.45) is 11.8 Å². The number of hydrogen-bond donors (Lipinski definition) is 0. The number of aryl methyl sites for hydroxylation is 1.